The number of amides is 2. The minimum atomic E-state index is -0.376. The van der Waals surface area contributed by atoms with Gasteiger partial charge in [0.2, 0.25) is 17.6 Å². The van der Waals surface area contributed by atoms with Gasteiger partial charge in [0.25, 0.3) is 5.91 Å². The summed E-state index contributed by atoms with van der Waals surface area (Å²) >= 11 is 0. The lowest BCUT2D eigenvalue weighted by molar-refractivity contribution is -0.121. The number of morpholine rings is 1. The molecule has 1 aromatic carbocycles. The summed E-state index contributed by atoms with van der Waals surface area (Å²) in [6.07, 6.45) is 8.66. The van der Waals surface area contributed by atoms with E-state index in [2.05, 4.69) is 35.9 Å². The molecule has 2 aliphatic heterocycles. The van der Waals surface area contributed by atoms with E-state index in [9.17, 15) is 9.59 Å². The zero-order chi connectivity index (χ0) is 27.6. The first-order valence-electron chi connectivity index (χ1n) is 13.6. The van der Waals surface area contributed by atoms with Gasteiger partial charge >= 0.3 is 0 Å². The average molecular weight is 548 g/mol. The molecule has 210 valence electrons. The summed E-state index contributed by atoms with van der Waals surface area (Å²) < 4.78 is 16.5. The number of allylic oxidation sites excluding steroid dienone is 3. The molecule has 1 aromatic heterocycles. The summed E-state index contributed by atoms with van der Waals surface area (Å²) in [5.74, 6) is 1.53. The van der Waals surface area contributed by atoms with Crippen LogP contribution in [0.4, 0.5) is 0 Å². The number of nitrogens with one attached hydrogen (secondary N) is 2. The van der Waals surface area contributed by atoms with Gasteiger partial charge in [-0.3, -0.25) is 14.5 Å². The third-order valence-electron chi connectivity index (χ3n) is 6.71. The number of carbonyl (C=O) groups is 2. The van der Waals surface area contributed by atoms with Gasteiger partial charge in [0, 0.05) is 56.7 Å². The van der Waals surface area contributed by atoms with E-state index >= 15 is 0 Å². The Balaban J connectivity index is 0.979. The van der Waals surface area contributed by atoms with Gasteiger partial charge in [-0.05, 0) is 30.7 Å². The molecule has 1 atom stereocenters. The van der Waals surface area contributed by atoms with Gasteiger partial charge in [-0.15, -0.1) is 10.2 Å². The zero-order valence-corrected chi connectivity index (χ0v) is 22.3. The quantitative estimate of drug-likeness (QED) is 0.361. The largest absolute Gasteiger partial charge is 0.492 e. The fraction of sp³-hybridized carbons (Fsp3) is 0.429. The number of rotatable bonds is 13. The molecule has 0 radical (unpaired) electrons. The first-order valence-corrected chi connectivity index (χ1v) is 13.6. The second-order valence-corrected chi connectivity index (χ2v) is 9.53. The third kappa shape index (κ3) is 7.48. The highest BCUT2D eigenvalue weighted by molar-refractivity contribution is 5.86. The van der Waals surface area contributed by atoms with Gasteiger partial charge in [-0.1, -0.05) is 29.5 Å². The monoisotopic (exact) mass is 547 g/mol. The van der Waals surface area contributed by atoms with E-state index in [1.807, 2.05) is 48.6 Å². The summed E-state index contributed by atoms with van der Waals surface area (Å²) in [4.78, 5) is 30.9. The smallest absolute Gasteiger partial charge is 0.276 e. The molecule has 1 aliphatic carbocycles. The van der Waals surface area contributed by atoms with Crippen LogP contribution in [0.25, 0.3) is 11.4 Å². The van der Waals surface area contributed by atoms with Crippen LogP contribution in [0.3, 0.4) is 0 Å². The average Bonchev–Trinajstić information content (AvgIpc) is 3.47. The normalized spacial score (nSPS) is 18.6. The van der Waals surface area contributed by atoms with Crippen LogP contribution in [-0.4, -0.2) is 79.4 Å². The molecule has 1 fully saturated rings. The fourth-order valence-electron chi connectivity index (χ4n) is 4.46. The van der Waals surface area contributed by atoms with Gasteiger partial charge in [0.05, 0.1) is 19.1 Å². The standard InChI is InChI=1S/C28H33N7O5/c36-24(29-12-3-13-30-27-22-4-1-2-5-23(22)28(37)33-32-27)10-11-25-31-26(34-40-25)20-6-8-21(9-7-20)39-19-16-35-14-17-38-18-15-35/h1-2,4-9,23,30H,3,10-19H2,(H,29,36). The van der Waals surface area contributed by atoms with Crippen molar-refractivity contribution in [3.8, 4) is 17.1 Å². The molecule has 0 bridgehead atoms. The van der Waals surface area contributed by atoms with Gasteiger partial charge in [-0.25, -0.2) is 0 Å². The molecule has 2 amide bonds. The number of hydrogen-bond donors (Lipinski definition) is 2. The van der Waals surface area contributed by atoms with Crippen molar-refractivity contribution in [1.29, 1.82) is 0 Å². The van der Waals surface area contributed by atoms with E-state index in [0.717, 1.165) is 49.7 Å². The molecule has 1 saturated heterocycles. The van der Waals surface area contributed by atoms with Crippen molar-refractivity contribution in [2.75, 3.05) is 52.5 Å². The number of aryl methyl sites for hydroxylation is 1. The Morgan fingerprint density at radius 2 is 1.95 bits per heavy atom. The lowest BCUT2D eigenvalue weighted by Gasteiger charge is -2.26. The number of aromatic nitrogens is 2. The third-order valence-corrected chi connectivity index (χ3v) is 6.71. The van der Waals surface area contributed by atoms with Crippen molar-refractivity contribution in [2.24, 2.45) is 16.1 Å². The van der Waals surface area contributed by atoms with Crippen LogP contribution in [0.5, 0.6) is 5.75 Å². The van der Waals surface area contributed by atoms with Crippen LogP contribution in [0, 0.1) is 5.92 Å². The number of ether oxygens (including phenoxy) is 2. The Hall–Kier alpha value is -4.16. The minimum absolute atomic E-state index is 0.0938. The molecular formula is C28H33N7O5. The van der Waals surface area contributed by atoms with Crippen LogP contribution in [0.1, 0.15) is 18.7 Å². The van der Waals surface area contributed by atoms with E-state index in [-0.39, 0.29) is 24.2 Å². The Labute approximate surface area is 232 Å². The molecule has 1 unspecified atom stereocenters. The van der Waals surface area contributed by atoms with Gasteiger partial charge in [0.15, 0.2) is 5.82 Å². The maximum atomic E-state index is 12.3. The number of benzene rings is 1. The minimum Gasteiger partial charge on any atom is -0.492 e. The maximum absolute atomic E-state index is 12.3. The SMILES string of the molecule is O=C(CCc1nc(-c2ccc(OCCN3CCOCC3)cc2)no1)NCCCNC1=C2C=CC=CC2C(=O)N=N1. The number of hydrogen-bond acceptors (Lipinski definition) is 10. The molecule has 0 spiro atoms. The Morgan fingerprint density at radius 1 is 1.10 bits per heavy atom. The molecule has 2 aromatic rings. The molecule has 5 rings (SSSR count). The lowest BCUT2D eigenvalue weighted by Crippen LogP contribution is -2.38. The predicted molar refractivity (Wildman–Crippen MR) is 145 cm³/mol. The van der Waals surface area contributed by atoms with Crippen LogP contribution >= 0.6 is 0 Å². The summed E-state index contributed by atoms with van der Waals surface area (Å²) in [5, 5.41) is 17.8. The molecule has 12 nitrogen and oxygen atoms in total. The summed E-state index contributed by atoms with van der Waals surface area (Å²) in [7, 11) is 0. The van der Waals surface area contributed by atoms with Crippen LogP contribution in [0.15, 0.2) is 74.7 Å². The van der Waals surface area contributed by atoms with Crippen molar-refractivity contribution in [1.82, 2.24) is 25.7 Å². The van der Waals surface area contributed by atoms with Gasteiger partial charge in [-0.2, -0.15) is 4.98 Å². The number of carbonyl (C=O) groups excluding carboxylic acids is 2. The van der Waals surface area contributed by atoms with Crippen molar-refractivity contribution in [2.45, 2.75) is 19.3 Å². The van der Waals surface area contributed by atoms with E-state index in [4.69, 9.17) is 14.0 Å². The Morgan fingerprint density at radius 3 is 2.80 bits per heavy atom. The number of fused-ring (bicyclic) bond motifs is 1. The molecular weight excluding hydrogens is 514 g/mol. The van der Waals surface area contributed by atoms with E-state index in [1.54, 1.807) is 0 Å². The molecule has 3 heterocycles. The van der Waals surface area contributed by atoms with E-state index in [0.29, 0.717) is 50.1 Å². The molecule has 3 aliphatic rings. The summed E-state index contributed by atoms with van der Waals surface area (Å²) in [6.45, 7) is 6.01. The summed E-state index contributed by atoms with van der Waals surface area (Å²) in [5.41, 5.74) is 1.63. The number of nitrogens with zero attached hydrogens (tertiary/aromatic N) is 5. The van der Waals surface area contributed by atoms with Crippen molar-refractivity contribution in [3.63, 3.8) is 0 Å². The molecule has 12 heteroatoms. The van der Waals surface area contributed by atoms with Crippen LogP contribution in [0.2, 0.25) is 0 Å². The topological polar surface area (TPSA) is 144 Å². The highest BCUT2D eigenvalue weighted by Gasteiger charge is 2.27. The van der Waals surface area contributed by atoms with Crippen molar-refractivity contribution >= 4 is 11.8 Å². The van der Waals surface area contributed by atoms with Crippen molar-refractivity contribution in [3.05, 3.63) is 65.9 Å². The predicted octanol–water partition coefficient (Wildman–Crippen LogP) is 2.42. The fourth-order valence-corrected chi connectivity index (χ4v) is 4.46. The maximum Gasteiger partial charge on any atom is 0.276 e. The summed E-state index contributed by atoms with van der Waals surface area (Å²) in [6, 6.07) is 7.57. The Bertz CT molecular complexity index is 1290. The van der Waals surface area contributed by atoms with Gasteiger partial charge < -0.3 is 24.6 Å². The highest BCUT2D eigenvalue weighted by atomic mass is 16.5. The second kappa shape index (κ2) is 13.8. The van der Waals surface area contributed by atoms with Crippen LogP contribution < -0.4 is 15.4 Å². The molecule has 0 saturated carbocycles. The first-order chi connectivity index (χ1) is 19.7. The Kier molecular flexibility index (Phi) is 9.43. The second-order valence-electron chi connectivity index (χ2n) is 9.53. The highest BCUT2D eigenvalue weighted by Crippen LogP contribution is 2.27. The molecule has 2 N–H and O–H groups in total. The van der Waals surface area contributed by atoms with Gasteiger partial charge in [0.1, 0.15) is 12.4 Å². The lowest BCUT2D eigenvalue weighted by atomic mass is 9.93. The van der Waals surface area contributed by atoms with Crippen LogP contribution in [-0.2, 0) is 20.7 Å². The van der Waals surface area contributed by atoms with Crippen molar-refractivity contribution < 1.29 is 23.6 Å². The van der Waals surface area contributed by atoms with E-state index < -0.39 is 0 Å². The zero-order valence-electron chi connectivity index (χ0n) is 22.3. The first kappa shape index (κ1) is 27.4. The number of azo groups is 1. The molecule has 40 heavy (non-hydrogen) atoms. The van der Waals surface area contributed by atoms with E-state index in [1.165, 1.54) is 0 Å².